The third-order valence-electron chi connectivity index (χ3n) is 4.63. The average molecular weight is 459 g/mol. The van der Waals surface area contributed by atoms with Gasteiger partial charge in [-0.15, -0.1) is 0 Å². The van der Waals surface area contributed by atoms with Crippen LogP contribution in [-0.4, -0.2) is 11.0 Å². The molecule has 30 heavy (non-hydrogen) atoms. The fourth-order valence-corrected chi connectivity index (χ4v) is 3.57. The lowest BCUT2D eigenvalue weighted by Crippen LogP contribution is -2.23. The summed E-state index contributed by atoms with van der Waals surface area (Å²) in [5.74, 6) is -0.575. The van der Waals surface area contributed by atoms with Gasteiger partial charge in [0.05, 0.1) is 17.4 Å². The van der Waals surface area contributed by atoms with Crippen molar-refractivity contribution >= 4 is 21.9 Å². The quantitative estimate of drug-likeness (QED) is 0.402. The van der Waals surface area contributed by atoms with Crippen LogP contribution in [0.25, 0.3) is 22.4 Å². The van der Waals surface area contributed by atoms with Crippen molar-refractivity contribution < 1.29 is 14.6 Å². The number of pyridine rings is 1. The van der Waals surface area contributed by atoms with Gasteiger partial charge in [-0.25, -0.2) is 4.98 Å². The van der Waals surface area contributed by atoms with Gasteiger partial charge in [0.25, 0.3) is 0 Å². The van der Waals surface area contributed by atoms with E-state index in [0.29, 0.717) is 12.3 Å². The molecule has 4 nitrogen and oxygen atoms in total. The molecule has 4 aromatic rings. The van der Waals surface area contributed by atoms with Gasteiger partial charge in [-0.2, -0.15) is 0 Å². The Labute approximate surface area is 182 Å². The summed E-state index contributed by atoms with van der Waals surface area (Å²) in [4.78, 5) is 15.5. The fraction of sp³-hybridized carbons (Fsp3) is 0.0400. The molecule has 0 amide bonds. The highest BCUT2D eigenvalue weighted by Crippen LogP contribution is 2.38. The first-order valence-corrected chi connectivity index (χ1v) is 10.2. The third kappa shape index (κ3) is 4.42. The predicted octanol–water partition coefficient (Wildman–Crippen LogP) is 5.12. The number of carbonyl (C=O) groups excluding carboxylic acids is 1. The van der Waals surface area contributed by atoms with Crippen molar-refractivity contribution in [3.8, 4) is 28.1 Å². The van der Waals surface area contributed by atoms with Crippen molar-refractivity contribution in [1.82, 2.24) is 4.98 Å². The Hall–Kier alpha value is -3.44. The lowest BCUT2D eigenvalue weighted by molar-refractivity contribution is -0.255. The Kier molecular flexibility index (Phi) is 5.91. The van der Waals surface area contributed by atoms with E-state index in [-0.39, 0.29) is 5.69 Å². The topological polar surface area (TPSA) is 62.2 Å². The van der Waals surface area contributed by atoms with Gasteiger partial charge in [-0.05, 0) is 41.5 Å². The van der Waals surface area contributed by atoms with Gasteiger partial charge in [-0.3, -0.25) is 0 Å². The molecule has 0 spiro atoms. The second-order valence-corrected chi connectivity index (χ2v) is 7.57. The van der Waals surface area contributed by atoms with Crippen molar-refractivity contribution in [2.75, 3.05) is 0 Å². The molecule has 0 fully saturated rings. The van der Waals surface area contributed by atoms with Crippen molar-refractivity contribution in [3.63, 3.8) is 0 Å². The number of halogens is 1. The zero-order chi connectivity index (χ0) is 20.9. The minimum atomic E-state index is -1.30. The van der Waals surface area contributed by atoms with Crippen molar-refractivity contribution in [1.29, 1.82) is 0 Å². The Morgan fingerprint density at radius 1 is 0.833 bits per heavy atom. The van der Waals surface area contributed by atoms with Crippen LogP contribution >= 0.6 is 15.9 Å². The number of aromatic carboxylic acids is 1. The molecule has 0 atom stereocenters. The summed E-state index contributed by atoms with van der Waals surface area (Å²) >= 11 is 3.54. The molecular weight excluding hydrogens is 442 g/mol. The first-order valence-electron chi connectivity index (χ1n) is 9.36. The van der Waals surface area contributed by atoms with Gasteiger partial charge in [-0.1, -0.05) is 76.6 Å². The highest BCUT2D eigenvalue weighted by atomic mass is 79.9. The summed E-state index contributed by atoms with van der Waals surface area (Å²) in [7, 11) is 0. The number of rotatable bonds is 6. The molecule has 148 valence electrons. The number of carboxylic acid groups (broad SMARTS) is 1. The Morgan fingerprint density at radius 3 is 2.33 bits per heavy atom. The molecular formula is C25H17BrNO3-. The van der Waals surface area contributed by atoms with E-state index in [1.807, 2.05) is 72.8 Å². The van der Waals surface area contributed by atoms with Crippen LogP contribution in [0.1, 0.15) is 16.1 Å². The van der Waals surface area contributed by atoms with Crippen LogP contribution < -0.4 is 9.84 Å². The predicted molar refractivity (Wildman–Crippen MR) is 118 cm³/mol. The summed E-state index contributed by atoms with van der Waals surface area (Å²) in [5, 5.41) is 11.3. The van der Waals surface area contributed by atoms with E-state index >= 15 is 0 Å². The number of carbonyl (C=O) groups is 1. The third-order valence-corrected chi connectivity index (χ3v) is 5.12. The van der Waals surface area contributed by atoms with Crippen LogP contribution in [-0.2, 0) is 6.61 Å². The minimum Gasteiger partial charge on any atom is -0.543 e. The molecule has 0 saturated carbocycles. The molecule has 0 aliphatic heterocycles. The van der Waals surface area contributed by atoms with Gasteiger partial charge >= 0.3 is 0 Å². The number of benzene rings is 3. The van der Waals surface area contributed by atoms with E-state index < -0.39 is 5.97 Å². The Bertz CT molecular complexity index is 1190. The SMILES string of the molecule is O=C([O-])c1cccc(-c2ccccc2-c2cc(Br)ccc2OCc2ccccc2)n1. The lowest BCUT2D eigenvalue weighted by atomic mass is 9.96. The van der Waals surface area contributed by atoms with E-state index in [1.54, 1.807) is 12.1 Å². The molecule has 1 heterocycles. The molecule has 3 aromatic carbocycles. The molecule has 0 aliphatic carbocycles. The van der Waals surface area contributed by atoms with Gasteiger partial charge in [0, 0.05) is 15.6 Å². The molecule has 0 N–H and O–H groups in total. The van der Waals surface area contributed by atoms with Crippen molar-refractivity contribution in [2.24, 2.45) is 0 Å². The Morgan fingerprint density at radius 2 is 1.57 bits per heavy atom. The van der Waals surface area contributed by atoms with E-state index in [2.05, 4.69) is 20.9 Å². The maximum Gasteiger partial charge on any atom is 0.127 e. The summed E-state index contributed by atoms with van der Waals surface area (Å²) in [5.41, 5.74) is 4.12. The summed E-state index contributed by atoms with van der Waals surface area (Å²) in [6.07, 6.45) is 0. The van der Waals surface area contributed by atoms with Crippen LogP contribution in [0.5, 0.6) is 5.75 Å². The molecule has 4 rings (SSSR count). The molecule has 1 aromatic heterocycles. The smallest absolute Gasteiger partial charge is 0.127 e. The highest BCUT2D eigenvalue weighted by molar-refractivity contribution is 9.10. The summed E-state index contributed by atoms with van der Waals surface area (Å²) < 4.78 is 7.05. The standard InChI is InChI=1S/C25H18BrNO3/c26-18-13-14-24(30-16-17-7-2-1-3-8-17)21(15-18)19-9-4-5-10-20(19)22-11-6-12-23(27-22)25(28)29/h1-15H,16H2,(H,28,29)/p-1. The van der Waals surface area contributed by atoms with Crippen LogP contribution in [0.15, 0.2) is 95.5 Å². The van der Waals surface area contributed by atoms with Crippen molar-refractivity contribution in [2.45, 2.75) is 6.61 Å². The average Bonchev–Trinajstić information content (AvgIpc) is 2.79. The van der Waals surface area contributed by atoms with Gasteiger partial charge in [0.1, 0.15) is 12.4 Å². The molecule has 0 unspecified atom stereocenters. The van der Waals surface area contributed by atoms with E-state index in [0.717, 1.165) is 32.5 Å². The number of nitrogens with zero attached hydrogens (tertiary/aromatic N) is 1. The zero-order valence-electron chi connectivity index (χ0n) is 15.9. The molecule has 0 radical (unpaired) electrons. The summed E-state index contributed by atoms with van der Waals surface area (Å²) in [6.45, 7) is 0.441. The molecule has 0 saturated heterocycles. The van der Waals surface area contributed by atoms with E-state index in [9.17, 15) is 9.90 Å². The van der Waals surface area contributed by atoms with Crippen LogP contribution in [0.2, 0.25) is 0 Å². The van der Waals surface area contributed by atoms with Gasteiger partial charge in [0.2, 0.25) is 0 Å². The zero-order valence-corrected chi connectivity index (χ0v) is 17.5. The number of hydrogen-bond acceptors (Lipinski definition) is 4. The van der Waals surface area contributed by atoms with Crippen LogP contribution in [0, 0.1) is 0 Å². The fourth-order valence-electron chi connectivity index (χ4n) is 3.21. The number of aromatic nitrogens is 1. The van der Waals surface area contributed by atoms with E-state index in [1.165, 1.54) is 6.07 Å². The Balaban J connectivity index is 1.77. The number of ether oxygens (including phenoxy) is 1. The lowest BCUT2D eigenvalue weighted by Gasteiger charge is -2.16. The molecule has 0 aliphatic rings. The second-order valence-electron chi connectivity index (χ2n) is 6.66. The highest BCUT2D eigenvalue weighted by Gasteiger charge is 2.14. The van der Waals surface area contributed by atoms with E-state index in [4.69, 9.17) is 4.74 Å². The summed E-state index contributed by atoms with van der Waals surface area (Å²) in [6, 6.07) is 28.4. The maximum absolute atomic E-state index is 11.3. The first-order chi connectivity index (χ1) is 14.6. The molecule has 0 bridgehead atoms. The number of hydrogen-bond donors (Lipinski definition) is 0. The van der Waals surface area contributed by atoms with Crippen LogP contribution in [0.4, 0.5) is 0 Å². The largest absolute Gasteiger partial charge is 0.543 e. The first kappa shape index (κ1) is 19.9. The maximum atomic E-state index is 11.3. The van der Waals surface area contributed by atoms with Crippen molar-refractivity contribution in [3.05, 3.63) is 107 Å². The second kappa shape index (κ2) is 8.93. The number of carboxylic acids is 1. The minimum absolute atomic E-state index is 0.0999. The van der Waals surface area contributed by atoms with Gasteiger partial charge < -0.3 is 14.6 Å². The van der Waals surface area contributed by atoms with Crippen LogP contribution in [0.3, 0.4) is 0 Å². The van der Waals surface area contributed by atoms with Gasteiger partial charge in [0.15, 0.2) is 0 Å². The normalized spacial score (nSPS) is 10.6. The monoisotopic (exact) mass is 458 g/mol. The molecule has 5 heteroatoms.